The molecule has 6 nitrogen and oxygen atoms in total. The van der Waals surface area contributed by atoms with Crippen molar-refractivity contribution in [3.63, 3.8) is 0 Å². The predicted molar refractivity (Wildman–Crippen MR) is 97.1 cm³/mol. The Bertz CT molecular complexity index is 802. The molecule has 0 aromatic heterocycles. The molecule has 0 atom stereocenters. The van der Waals surface area contributed by atoms with Crippen LogP contribution in [0.1, 0.15) is 28.8 Å². The van der Waals surface area contributed by atoms with E-state index >= 15 is 0 Å². The van der Waals surface area contributed by atoms with E-state index in [9.17, 15) is 14.0 Å². The molecule has 7 heteroatoms. The summed E-state index contributed by atoms with van der Waals surface area (Å²) >= 11 is 0. The quantitative estimate of drug-likeness (QED) is 0.766. The van der Waals surface area contributed by atoms with Gasteiger partial charge in [-0.25, -0.2) is 9.18 Å². The van der Waals surface area contributed by atoms with Crippen molar-refractivity contribution in [3.8, 4) is 0 Å². The van der Waals surface area contributed by atoms with Crippen LogP contribution in [0.25, 0.3) is 0 Å². The SMILES string of the molecule is O=C(O)NCc1ccc(NC(=O)c2cc(F)ccc2N2CCCC2)cc1. The van der Waals surface area contributed by atoms with E-state index in [-0.39, 0.29) is 12.5 Å². The number of anilines is 2. The molecular weight excluding hydrogens is 337 g/mol. The second kappa shape index (κ2) is 7.86. The summed E-state index contributed by atoms with van der Waals surface area (Å²) in [7, 11) is 0. The summed E-state index contributed by atoms with van der Waals surface area (Å²) in [5.41, 5.74) is 2.38. The monoisotopic (exact) mass is 357 g/mol. The molecule has 1 aliphatic rings. The van der Waals surface area contributed by atoms with Crippen LogP contribution in [0, 0.1) is 5.82 Å². The van der Waals surface area contributed by atoms with Crippen molar-refractivity contribution >= 4 is 23.4 Å². The molecule has 3 N–H and O–H groups in total. The zero-order valence-corrected chi connectivity index (χ0v) is 14.2. The van der Waals surface area contributed by atoms with E-state index in [2.05, 4.69) is 15.5 Å². The fourth-order valence-corrected chi connectivity index (χ4v) is 3.01. The molecule has 0 unspecified atom stereocenters. The Labute approximate surface area is 150 Å². The Balaban J connectivity index is 1.73. The van der Waals surface area contributed by atoms with Gasteiger partial charge in [-0.1, -0.05) is 12.1 Å². The van der Waals surface area contributed by atoms with Gasteiger partial charge in [0.15, 0.2) is 0 Å². The van der Waals surface area contributed by atoms with Crippen LogP contribution in [0.3, 0.4) is 0 Å². The third kappa shape index (κ3) is 4.30. The summed E-state index contributed by atoms with van der Waals surface area (Å²) in [5, 5.41) is 13.7. The molecule has 0 bridgehead atoms. The Morgan fingerprint density at radius 2 is 1.77 bits per heavy atom. The maximum Gasteiger partial charge on any atom is 0.404 e. The minimum Gasteiger partial charge on any atom is -0.465 e. The molecule has 1 saturated heterocycles. The van der Waals surface area contributed by atoms with E-state index in [1.54, 1.807) is 30.3 Å². The fraction of sp³-hybridized carbons (Fsp3) is 0.263. The molecule has 2 amide bonds. The molecular formula is C19H20FN3O3. The van der Waals surface area contributed by atoms with Gasteiger partial charge in [-0.15, -0.1) is 0 Å². The smallest absolute Gasteiger partial charge is 0.404 e. The molecule has 3 rings (SSSR count). The van der Waals surface area contributed by atoms with Crippen molar-refractivity contribution in [2.45, 2.75) is 19.4 Å². The molecule has 1 heterocycles. The maximum atomic E-state index is 13.7. The molecule has 0 radical (unpaired) electrons. The predicted octanol–water partition coefficient (Wildman–Crippen LogP) is 3.45. The number of hydrogen-bond acceptors (Lipinski definition) is 3. The van der Waals surface area contributed by atoms with Gasteiger partial charge < -0.3 is 20.6 Å². The average Bonchev–Trinajstić information content (AvgIpc) is 3.15. The number of carbonyl (C=O) groups is 2. The van der Waals surface area contributed by atoms with Gasteiger partial charge in [-0.3, -0.25) is 4.79 Å². The summed E-state index contributed by atoms with van der Waals surface area (Å²) in [4.78, 5) is 25.2. The highest BCUT2D eigenvalue weighted by Crippen LogP contribution is 2.26. The second-order valence-electron chi connectivity index (χ2n) is 6.17. The molecule has 2 aromatic carbocycles. The highest BCUT2D eigenvalue weighted by Gasteiger charge is 2.20. The number of halogens is 1. The lowest BCUT2D eigenvalue weighted by Gasteiger charge is -2.21. The Morgan fingerprint density at radius 1 is 1.08 bits per heavy atom. The maximum absolute atomic E-state index is 13.7. The molecule has 26 heavy (non-hydrogen) atoms. The van der Waals surface area contributed by atoms with E-state index < -0.39 is 11.9 Å². The fourth-order valence-electron chi connectivity index (χ4n) is 3.01. The summed E-state index contributed by atoms with van der Waals surface area (Å²) in [6.07, 6.45) is 1.03. The van der Waals surface area contributed by atoms with Crippen LogP contribution in [0.15, 0.2) is 42.5 Å². The van der Waals surface area contributed by atoms with E-state index in [0.29, 0.717) is 11.3 Å². The topological polar surface area (TPSA) is 81.7 Å². The van der Waals surface area contributed by atoms with Crippen molar-refractivity contribution in [1.29, 1.82) is 0 Å². The molecule has 0 aliphatic carbocycles. The summed E-state index contributed by atoms with van der Waals surface area (Å²) in [6, 6.07) is 11.1. The lowest BCUT2D eigenvalue weighted by Crippen LogP contribution is -2.23. The Morgan fingerprint density at radius 3 is 2.42 bits per heavy atom. The van der Waals surface area contributed by atoms with E-state index in [0.717, 1.165) is 37.2 Å². The minimum atomic E-state index is -1.09. The first kappa shape index (κ1) is 17.7. The second-order valence-corrected chi connectivity index (χ2v) is 6.17. The van der Waals surface area contributed by atoms with Crippen molar-refractivity contribution in [3.05, 3.63) is 59.4 Å². The van der Waals surface area contributed by atoms with Gasteiger partial charge in [0.25, 0.3) is 5.91 Å². The molecule has 136 valence electrons. The number of carboxylic acid groups (broad SMARTS) is 1. The largest absolute Gasteiger partial charge is 0.465 e. The summed E-state index contributed by atoms with van der Waals surface area (Å²) in [5.74, 6) is -0.823. The third-order valence-electron chi connectivity index (χ3n) is 4.31. The third-order valence-corrected chi connectivity index (χ3v) is 4.31. The van der Waals surface area contributed by atoms with Crippen LogP contribution in [-0.4, -0.2) is 30.2 Å². The van der Waals surface area contributed by atoms with Gasteiger partial charge in [0, 0.05) is 31.0 Å². The lowest BCUT2D eigenvalue weighted by atomic mass is 10.1. The van der Waals surface area contributed by atoms with Gasteiger partial charge in [-0.2, -0.15) is 0 Å². The highest BCUT2D eigenvalue weighted by atomic mass is 19.1. The van der Waals surface area contributed by atoms with Crippen molar-refractivity contribution in [2.75, 3.05) is 23.3 Å². The number of benzene rings is 2. The number of amides is 2. The first-order chi connectivity index (χ1) is 12.5. The van der Waals surface area contributed by atoms with Crippen molar-refractivity contribution in [1.82, 2.24) is 5.32 Å². The summed E-state index contributed by atoms with van der Waals surface area (Å²) < 4.78 is 13.7. The number of hydrogen-bond donors (Lipinski definition) is 3. The Kier molecular flexibility index (Phi) is 5.36. The van der Waals surface area contributed by atoms with Crippen LogP contribution in [0.2, 0.25) is 0 Å². The zero-order valence-electron chi connectivity index (χ0n) is 14.2. The van der Waals surface area contributed by atoms with E-state index in [1.165, 1.54) is 12.1 Å². The van der Waals surface area contributed by atoms with Crippen molar-refractivity contribution < 1.29 is 19.1 Å². The van der Waals surface area contributed by atoms with Gasteiger partial charge >= 0.3 is 6.09 Å². The van der Waals surface area contributed by atoms with Gasteiger partial charge in [0.2, 0.25) is 0 Å². The number of rotatable bonds is 5. The molecule has 2 aromatic rings. The van der Waals surface area contributed by atoms with Crippen LogP contribution < -0.4 is 15.5 Å². The van der Waals surface area contributed by atoms with Crippen LogP contribution >= 0.6 is 0 Å². The first-order valence-electron chi connectivity index (χ1n) is 8.44. The highest BCUT2D eigenvalue weighted by molar-refractivity contribution is 6.08. The van der Waals surface area contributed by atoms with Crippen molar-refractivity contribution in [2.24, 2.45) is 0 Å². The Hall–Kier alpha value is -3.09. The molecule has 0 spiro atoms. The molecule has 0 saturated carbocycles. The molecule has 1 aliphatic heterocycles. The first-order valence-corrected chi connectivity index (χ1v) is 8.44. The summed E-state index contributed by atoms with van der Waals surface area (Å²) in [6.45, 7) is 1.90. The molecule has 1 fully saturated rings. The van der Waals surface area contributed by atoms with Gasteiger partial charge in [0.05, 0.1) is 5.56 Å². The normalized spacial score (nSPS) is 13.5. The lowest BCUT2D eigenvalue weighted by molar-refractivity contribution is 0.102. The van der Waals surface area contributed by atoms with Gasteiger partial charge in [0.1, 0.15) is 5.82 Å². The zero-order chi connectivity index (χ0) is 18.5. The van der Waals surface area contributed by atoms with Crippen LogP contribution in [0.4, 0.5) is 20.6 Å². The number of nitrogens with one attached hydrogen (secondary N) is 2. The van der Waals surface area contributed by atoms with E-state index in [1.807, 2.05) is 0 Å². The van der Waals surface area contributed by atoms with Crippen LogP contribution in [0.5, 0.6) is 0 Å². The van der Waals surface area contributed by atoms with E-state index in [4.69, 9.17) is 5.11 Å². The van der Waals surface area contributed by atoms with Crippen LogP contribution in [-0.2, 0) is 6.54 Å². The number of carbonyl (C=O) groups excluding carboxylic acids is 1. The standard InChI is InChI=1S/C19H20FN3O3/c20-14-5-8-17(23-9-1-2-10-23)16(11-14)18(24)22-15-6-3-13(4-7-15)12-21-19(25)26/h3-8,11,21H,1-2,9-10,12H2,(H,22,24)(H,25,26). The minimum absolute atomic E-state index is 0.187. The van der Waals surface area contributed by atoms with Gasteiger partial charge in [-0.05, 0) is 48.7 Å². The average molecular weight is 357 g/mol. The number of nitrogens with zero attached hydrogens (tertiary/aromatic N) is 1.